The molecule has 0 spiro atoms. The first-order valence-electron chi connectivity index (χ1n) is 13.4. The molecule has 0 saturated heterocycles. The third-order valence-electron chi connectivity index (χ3n) is 6.84. The fraction of sp³-hybridized carbons (Fsp3) is 0.312. The summed E-state index contributed by atoms with van der Waals surface area (Å²) >= 11 is 0. The Balaban J connectivity index is 1.76. The molecule has 2 amide bonds. The summed E-state index contributed by atoms with van der Waals surface area (Å²) in [5.74, 6) is -0.995. The molecule has 0 aromatic heterocycles. The maximum absolute atomic E-state index is 14.2. The Hall–Kier alpha value is -4.44. The normalized spacial score (nSPS) is 13.8. The van der Waals surface area contributed by atoms with Crippen LogP contribution in [0.5, 0.6) is 0 Å². The number of carbonyl (C=O) groups is 3. The number of para-hydroxylation sites is 1. The van der Waals surface area contributed by atoms with Crippen LogP contribution in [0.1, 0.15) is 66.6 Å². The predicted molar refractivity (Wildman–Crippen MR) is 149 cm³/mol. The molecule has 1 aliphatic rings. The SMILES string of the molecule is CCOC(=O)CC(c1ccccc1)N1CC(=O)N(c2ccccc2)c2ccc(CCCCCC#N)cc2C1=O. The Morgan fingerprint density at radius 3 is 2.38 bits per heavy atom. The number of carbonyl (C=O) groups excluding carboxylic acids is 3. The van der Waals surface area contributed by atoms with Crippen molar-refractivity contribution in [1.29, 1.82) is 5.26 Å². The standard InChI is InChI=1S/C32H33N3O4/c1-2-39-31(37)22-29(25-14-8-5-9-15-25)34-23-30(36)35(26-16-10-6-11-17-26)28-19-18-24(21-27(28)32(34)38)13-7-3-4-12-20-33/h5-6,8-11,14-19,21,29H,2-4,7,12-13,22-23H2,1H3. The van der Waals surface area contributed by atoms with Crippen LogP contribution < -0.4 is 4.90 Å². The number of anilines is 2. The second kappa shape index (κ2) is 13.4. The zero-order valence-corrected chi connectivity index (χ0v) is 22.2. The van der Waals surface area contributed by atoms with Crippen LogP contribution in [0.2, 0.25) is 0 Å². The van der Waals surface area contributed by atoms with Gasteiger partial charge in [0, 0.05) is 12.1 Å². The first-order chi connectivity index (χ1) is 19.0. The van der Waals surface area contributed by atoms with E-state index < -0.39 is 12.0 Å². The number of nitriles is 1. The van der Waals surface area contributed by atoms with E-state index in [1.54, 1.807) is 11.8 Å². The summed E-state index contributed by atoms with van der Waals surface area (Å²) in [6.07, 6.45) is 3.90. The quantitative estimate of drug-likeness (QED) is 0.223. The van der Waals surface area contributed by atoms with E-state index in [0.29, 0.717) is 23.4 Å². The van der Waals surface area contributed by atoms with E-state index in [4.69, 9.17) is 10.00 Å². The molecule has 200 valence electrons. The lowest BCUT2D eigenvalue weighted by molar-refractivity contribution is -0.144. The van der Waals surface area contributed by atoms with Crippen molar-refractivity contribution in [2.75, 3.05) is 18.1 Å². The van der Waals surface area contributed by atoms with E-state index in [2.05, 4.69) is 6.07 Å². The molecular formula is C32H33N3O4. The Kier molecular flexibility index (Phi) is 9.47. The van der Waals surface area contributed by atoms with E-state index in [1.807, 2.05) is 78.9 Å². The maximum Gasteiger partial charge on any atom is 0.308 e. The molecule has 0 fully saturated rings. The number of esters is 1. The van der Waals surface area contributed by atoms with Gasteiger partial charge < -0.3 is 9.64 Å². The second-order valence-corrected chi connectivity index (χ2v) is 9.50. The summed E-state index contributed by atoms with van der Waals surface area (Å²) in [6, 6.07) is 25.8. The predicted octanol–water partition coefficient (Wildman–Crippen LogP) is 6.13. The minimum atomic E-state index is -0.667. The number of benzene rings is 3. The number of nitrogens with zero attached hydrogens (tertiary/aromatic N) is 3. The van der Waals surface area contributed by atoms with Crippen molar-refractivity contribution in [3.8, 4) is 6.07 Å². The second-order valence-electron chi connectivity index (χ2n) is 9.50. The first kappa shape index (κ1) is 27.6. The van der Waals surface area contributed by atoms with Gasteiger partial charge in [-0.25, -0.2) is 0 Å². The number of aryl methyl sites for hydroxylation is 1. The van der Waals surface area contributed by atoms with Crippen molar-refractivity contribution in [2.24, 2.45) is 0 Å². The van der Waals surface area contributed by atoms with Crippen LogP contribution in [0.15, 0.2) is 78.9 Å². The molecule has 0 bridgehead atoms. The summed E-state index contributed by atoms with van der Waals surface area (Å²) in [7, 11) is 0. The van der Waals surface area contributed by atoms with Crippen molar-refractivity contribution in [2.45, 2.75) is 51.5 Å². The van der Waals surface area contributed by atoms with Crippen molar-refractivity contribution in [1.82, 2.24) is 4.90 Å². The zero-order chi connectivity index (χ0) is 27.6. The molecule has 3 aromatic rings. The fourth-order valence-electron chi connectivity index (χ4n) is 4.97. The fourth-order valence-corrected chi connectivity index (χ4v) is 4.97. The van der Waals surface area contributed by atoms with Crippen LogP contribution in [0, 0.1) is 11.3 Å². The highest BCUT2D eigenvalue weighted by Crippen LogP contribution is 2.37. The number of fused-ring (bicyclic) bond motifs is 1. The molecule has 0 aliphatic carbocycles. The van der Waals surface area contributed by atoms with Gasteiger partial charge >= 0.3 is 5.97 Å². The smallest absolute Gasteiger partial charge is 0.308 e. The average molecular weight is 524 g/mol. The number of ether oxygens (including phenoxy) is 1. The molecule has 1 heterocycles. The molecule has 39 heavy (non-hydrogen) atoms. The summed E-state index contributed by atoms with van der Waals surface area (Å²) in [4.78, 5) is 43.8. The summed E-state index contributed by atoms with van der Waals surface area (Å²) in [6.45, 7) is 1.78. The van der Waals surface area contributed by atoms with Gasteiger partial charge in [-0.2, -0.15) is 5.26 Å². The molecule has 0 radical (unpaired) electrons. The van der Waals surface area contributed by atoms with Crippen LogP contribution >= 0.6 is 0 Å². The van der Waals surface area contributed by atoms with E-state index >= 15 is 0 Å². The molecule has 3 aromatic carbocycles. The molecule has 7 nitrogen and oxygen atoms in total. The van der Waals surface area contributed by atoms with Gasteiger partial charge in [-0.1, -0.05) is 61.0 Å². The van der Waals surface area contributed by atoms with Crippen molar-refractivity contribution in [3.63, 3.8) is 0 Å². The topological polar surface area (TPSA) is 90.7 Å². The van der Waals surface area contributed by atoms with Gasteiger partial charge in [0.25, 0.3) is 11.8 Å². The van der Waals surface area contributed by atoms with Gasteiger partial charge in [0.05, 0.1) is 36.4 Å². The molecule has 7 heteroatoms. The van der Waals surface area contributed by atoms with Crippen LogP contribution in [0.3, 0.4) is 0 Å². The maximum atomic E-state index is 14.2. The number of unbranched alkanes of at least 4 members (excludes halogenated alkanes) is 3. The van der Waals surface area contributed by atoms with Gasteiger partial charge in [0.15, 0.2) is 0 Å². The zero-order valence-electron chi connectivity index (χ0n) is 22.2. The van der Waals surface area contributed by atoms with Crippen molar-refractivity contribution < 1.29 is 19.1 Å². The van der Waals surface area contributed by atoms with Crippen molar-refractivity contribution in [3.05, 3.63) is 95.6 Å². The largest absolute Gasteiger partial charge is 0.466 e. The highest BCUT2D eigenvalue weighted by molar-refractivity contribution is 6.13. The lowest BCUT2D eigenvalue weighted by atomic mass is 9.99. The first-order valence-corrected chi connectivity index (χ1v) is 13.4. The Morgan fingerprint density at radius 1 is 0.974 bits per heavy atom. The molecule has 1 atom stereocenters. The van der Waals surface area contributed by atoms with Crippen molar-refractivity contribution >= 4 is 29.2 Å². The minimum Gasteiger partial charge on any atom is -0.466 e. The van der Waals surface area contributed by atoms with Gasteiger partial charge in [-0.3, -0.25) is 19.3 Å². The van der Waals surface area contributed by atoms with E-state index in [-0.39, 0.29) is 31.4 Å². The van der Waals surface area contributed by atoms with Crippen LogP contribution in [0.25, 0.3) is 0 Å². The highest BCUT2D eigenvalue weighted by Gasteiger charge is 2.37. The third kappa shape index (κ3) is 6.71. The summed E-state index contributed by atoms with van der Waals surface area (Å²) < 4.78 is 5.24. The van der Waals surface area contributed by atoms with Crippen LogP contribution in [-0.2, 0) is 20.7 Å². The lowest BCUT2D eigenvalue weighted by Crippen LogP contribution is -2.41. The van der Waals surface area contributed by atoms with Crippen LogP contribution in [-0.4, -0.2) is 35.8 Å². The molecule has 1 unspecified atom stereocenters. The van der Waals surface area contributed by atoms with E-state index in [9.17, 15) is 14.4 Å². The van der Waals surface area contributed by atoms with Gasteiger partial charge in [0.2, 0.25) is 0 Å². The average Bonchev–Trinajstić information content (AvgIpc) is 3.06. The molecular weight excluding hydrogens is 490 g/mol. The number of rotatable bonds is 11. The van der Waals surface area contributed by atoms with Crippen LogP contribution in [0.4, 0.5) is 11.4 Å². The summed E-state index contributed by atoms with van der Waals surface area (Å²) in [5, 5.41) is 8.79. The van der Waals surface area contributed by atoms with Gasteiger partial charge in [0.1, 0.15) is 6.54 Å². The highest BCUT2D eigenvalue weighted by atomic mass is 16.5. The molecule has 0 N–H and O–H groups in total. The molecule has 0 saturated carbocycles. The molecule has 4 rings (SSSR count). The monoisotopic (exact) mass is 523 g/mol. The van der Waals surface area contributed by atoms with E-state index in [0.717, 1.165) is 36.8 Å². The Labute approximate surface area is 229 Å². The summed E-state index contributed by atoms with van der Waals surface area (Å²) in [5.41, 5.74) is 3.36. The minimum absolute atomic E-state index is 0.0594. The Morgan fingerprint density at radius 2 is 1.69 bits per heavy atom. The van der Waals surface area contributed by atoms with Gasteiger partial charge in [-0.15, -0.1) is 0 Å². The third-order valence-corrected chi connectivity index (χ3v) is 6.84. The van der Waals surface area contributed by atoms with E-state index in [1.165, 1.54) is 4.90 Å². The lowest BCUT2D eigenvalue weighted by Gasteiger charge is -2.30. The Bertz CT molecular complexity index is 1330. The molecule has 1 aliphatic heterocycles. The van der Waals surface area contributed by atoms with Gasteiger partial charge in [-0.05, 0) is 61.6 Å². The number of hydrogen-bond acceptors (Lipinski definition) is 5. The number of hydrogen-bond donors (Lipinski definition) is 0. The number of amides is 2.